The highest BCUT2D eigenvalue weighted by Gasteiger charge is 2.13. The summed E-state index contributed by atoms with van der Waals surface area (Å²) in [6, 6.07) is 0.520. The van der Waals surface area contributed by atoms with E-state index in [4.69, 9.17) is 10.5 Å². The summed E-state index contributed by atoms with van der Waals surface area (Å²) in [5.74, 6) is 0.940. The average Bonchev–Trinajstić information content (AvgIpc) is 2.11. The number of methoxy groups -OCH3 is 1. The van der Waals surface area contributed by atoms with Crippen LogP contribution in [0.1, 0.15) is 32.6 Å². The van der Waals surface area contributed by atoms with Crippen LogP contribution >= 0.6 is 12.4 Å². The predicted molar refractivity (Wildman–Crippen MR) is 55.9 cm³/mol. The van der Waals surface area contributed by atoms with Gasteiger partial charge in [0.2, 0.25) is 0 Å². The van der Waals surface area contributed by atoms with Crippen LogP contribution in [-0.4, -0.2) is 19.6 Å². The van der Waals surface area contributed by atoms with Crippen molar-refractivity contribution in [1.82, 2.24) is 0 Å². The Morgan fingerprint density at radius 1 is 1.31 bits per heavy atom. The molecule has 0 spiro atoms. The van der Waals surface area contributed by atoms with E-state index >= 15 is 0 Å². The molecular weight excluding hydrogens is 190 g/mol. The van der Waals surface area contributed by atoms with Gasteiger partial charge in [-0.2, -0.15) is 0 Å². The molecule has 1 aliphatic rings. The van der Waals surface area contributed by atoms with Gasteiger partial charge in [-0.25, -0.2) is 0 Å². The van der Waals surface area contributed by atoms with E-state index in [9.17, 15) is 0 Å². The first-order chi connectivity index (χ1) is 5.70. The number of carbonyl (C=O) groups is 1. The molecule has 0 heterocycles. The second-order valence-electron chi connectivity index (χ2n) is 3.35. The van der Waals surface area contributed by atoms with E-state index < -0.39 is 0 Å². The van der Waals surface area contributed by atoms with E-state index in [1.807, 2.05) is 0 Å². The number of ether oxygens (including phenoxy) is 1. The van der Waals surface area contributed by atoms with Gasteiger partial charge in [-0.1, -0.05) is 6.92 Å². The smallest absolute Gasteiger partial charge is 0.292 e. The molecule has 0 amide bonds. The summed E-state index contributed by atoms with van der Waals surface area (Å²) in [7, 11) is 1.31. The number of rotatable bonds is 1. The minimum absolute atomic E-state index is 0. The van der Waals surface area contributed by atoms with E-state index in [1.54, 1.807) is 0 Å². The molecule has 1 saturated carbocycles. The molecule has 0 aliphatic heterocycles. The molecule has 0 aromatic carbocycles. The minimum Gasteiger partial charge on any atom is -0.471 e. The molecule has 1 aliphatic carbocycles. The molecule has 4 heteroatoms. The van der Waals surface area contributed by atoms with Crippen LogP contribution in [0.2, 0.25) is 0 Å². The Kier molecular flexibility index (Phi) is 11.5. The number of halogens is 1. The standard InChI is InChI=1S/C7H15N.C2H4O2.ClH/c1-6-2-4-7(8)5-3-6;1-4-2-3;/h6-7H,2-5,8H2,1H3;2H,1H3;1H. The summed E-state index contributed by atoms with van der Waals surface area (Å²) < 4.78 is 3.86. The first kappa shape index (κ1) is 15.2. The summed E-state index contributed by atoms with van der Waals surface area (Å²) in [4.78, 5) is 8.95. The van der Waals surface area contributed by atoms with Gasteiger partial charge in [0.1, 0.15) is 0 Å². The normalized spacial score (nSPS) is 26.1. The van der Waals surface area contributed by atoms with E-state index in [2.05, 4.69) is 11.7 Å². The first-order valence-electron chi connectivity index (χ1n) is 4.42. The monoisotopic (exact) mass is 209 g/mol. The van der Waals surface area contributed by atoms with Crippen molar-refractivity contribution >= 4 is 18.9 Å². The van der Waals surface area contributed by atoms with Crippen molar-refractivity contribution < 1.29 is 9.53 Å². The highest BCUT2D eigenvalue weighted by atomic mass is 35.5. The largest absolute Gasteiger partial charge is 0.471 e. The number of hydrogen-bond donors (Lipinski definition) is 1. The van der Waals surface area contributed by atoms with Crippen molar-refractivity contribution in [3.63, 3.8) is 0 Å². The number of carbonyl (C=O) groups excluding carboxylic acids is 1. The first-order valence-corrected chi connectivity index (χ1v) is 4.42. The van der Waals surface area contributed by atoms with Crippen LogP contribution in [0, 0.1) is 5.92 Å². The van der Waals surface area contributed by atoms with Gasteiger partial charge in [0, 0.05) is 6.04 Å². The fraction of sp³-hybridized carbons (Fsp3) is 0.889. The molecule has 1 fully saturated rings. The van der Waals surface area contributed by atoms with Crippen LogP contribution in [0.15, 0.2) is 0 Å². The van der Waals surface area contributed by atoms with Gasteiger partial charge < -0.3 is 10.5 Å². The lowest BCUT2D eigenvalue weighted by Gasteiger charge is -2.22. The van der Waals surface area contributed by atoms with Gasteiger partial charge in [-0.05, 0) is 31.6 Å². The van der Waals surface area contributed by atoms with E-state index in [1.165, 1.54) is 32.8 Å². The summed E-state index contributed by atoms with van der Waals surface area (Å²) >= 11 is 0. The molecule has 1 rings (SSSR count). The van der Waals surface area contributed by atoms with Crippen molar-refractivity contribution in [2.45, 2.75) is 38.6 Å². The Labute approximate surface area is 86.4 Å². The van der Waals surface area contributed by atoms with Crippen LogP contribution in [0.5, 0.6) is 0 Å². The van der Waals surface area contributed by atoms with Crippen molar-refractivity contribution in [3.05, 3.63) is 0 Å². The van der Waals surface area contributed by atoms with Crippen molar-refractivity contribution in [3.8, 4) is 0 Å². The topological polar surface area (TPSA) is 52.3 Å². The number of hydrogen-bond acceptors (Lipinski definition) is 3. The summed E-state index contributed by atoms with van der Waals surface area (Å²) in [6.45, 7) is 2.69. The van der Waals surface area contributed by atoms with E-state index in [-0.39, 0.29) is 12.4 Å². The summed E-state index contributed by atoms with van der Waals surface area (Å²) in [5.41, 5.74) is 5.70. The van der Waals surface area contributed by atoms with Crippen LogP contribution in [-0.2, 0) is 9.53 Å². The zero-order valence-electron chi connectivity index (χ0n) is 8.36. The maximum absolute atomic E-state index is 8.95. The maximum atomic E-state index is 8.95. The Bertz CT molecular complexity index is 104. The second kappa shape index (κ2) is 9.81. The molecule has 80 valence electrons. The van der Waals surface area contributed by atoms with Crippen molar-refractivity contribution in [2.75, 3.05) is 7.11 Å². The highest BCUT2D eigenvalue weighted by molar-refractivity contribution is 5.85. The van der Waals surface area contributed by atoms with Crippen molar-refractivity contribution in [1.29, 1.82) is 0 Å². The van der Waals surface area contributed by atoms with Crippen LogP contribution in [0.25, 0.3) is 0 Å². The Balaban J connectivity index is 0. The third-order valence-electron chi connectivity index (χ3n) is 2.16. The fourth-order valence-corrected chi connectivity index (χ4v) is 1.29. The van der Waals surface area contributed by atoms with Gasteiger partial charge in [0.05, 0.1) is 7.11 Å². The van der Waals surface area contributed by atoms with Gasteiger partial charge in [-0.15, -0.1) is 12.4 Å². The third-order valence-corrected chi connectivity index (χ3v) is 2.16. The molecule has 3 nitrogen and oxygen atoms in total. The van der Waals surface area contributed by atoms with Crippen LogP contribution in [0.3, 0.4) is 0 Å². The molecule has 0 saturated heterocycles. The van der Waals surface area contributed by atoms with Gasteiger partial charge in [0.15, 0.2) is 0 Å². The fourth-order valence-electron chi connectivity index (χ4n) is 1.29. The summed E-state index contributed by atoms with van der Waals surface area (Å²) in [6.07, 6.45) is 5.20. The van der Waals surface area contributed by atoms with Crippen LogP contribution < -0.4 is 5.73 Å². The molecule has 0 bridgehead atoms. The molecular formula is C9H20ClNO2. The lowest BCUT2D eigenvalue weighted by molar-refractivity contribution is -0.126. The molecule has 0 aromatic heterocycles. The summed E-state index contributed by atoms with van der Waals surface area (Å²) in [5, 5.41) is 0. The predicted octanol–water partition coefficient (Wildman–Crippen LogP) is 1.73. The SMILES string of the molecule is CC1CCC(N)CC1.COC=O.Cl. The zero-order valence-corrected chi connectivity index (χ0v) is 9.18. The zero-order chi connectivity index (χ0) is 9.40. The van der Waals surface area contributed by atoms with E-state index in [0.29, 0.717) is 12.5 Å². The lowest BCUT2D eigenvalue weighted by Crippen LogP contribution is -2.25. The minimum atomic E-state index is 0. The molecule has 2 N–H and O–H groups in total. The lowest BCUT2D eigenvalue weighted by atomic mass is 9.88. The molecule has 0 radical (unpaired) electrons. The van der Waals surface area contributed by atoms with Crippen LogP contribution in [0.4, 0.5) is 0 Å². The quantitative estimate of drug-likeness (QED) is 0.670. The molecule has 0 unspecified atom stereocenters. The average molecular weight is 210 g/mol. The Hall–Kier alpha value is -0.280. The molecule has 13 heavy (non-hydrogen) atoms. The highest BCUT2D eigenvalue weighted by Crippen LogP contribution is 2.21. The Morgan fingerprint density at radius 3 is 1.92 bits per heavy atom. The van der Waals surface area contributed by atoms with Gasteiger partial charge >= 0.3 is 0 Å². The molecule has 0 aromatic rings. The number of nitrogens with two attached hydrogens (primary N) is 1. The van der Waals surface area contributed by atoms with Gasteiger partial charge in [0.25, 0.3) is 6.47 Å². The molecule has 0 atom stereocenters. The maximum Gasteiger partial charge on any atom is 0.292 e. The second-order valence-corrected chi connectivity index (χ2v) is 3.35. The van der Waals surface area contributed by atoms with Crippen molar-refractivity contribution in [2.24, 2.45) is 11.7 Å². The third kappa shape index (κ3) is 9.64. The Morgan fingerprint density at radius 2 is 1.69 bits per heavy atom. The van der Waals surface area contributed by atoms with Gasteiger partial charge in [-0.3, -0.25) is 4.79 Å². The van der Waals surface area contributed by atoms with E-state index in [0.717, 1.165) is 5.92 Å².